The van der Waals surface area contributed by atoms with Gasteiger partial charge in [-0.3, -0.25) is 0 Å². The highest BCUT2D eigenvalue weighted by Crippen LogP contribution is 2.36. The summed E-state index contributed by atoms with van der Waals surface area (Å²) in [4.78, 5) is 2.33. The van der Waals surface area contributed by atoms with Crippen molar-refractivity contribution in [1.82, 2.24) is 10.2 Å². The van der Waals surface area contributed by atoms with E-state index in [0.29, 0.717) is 0 Å². The molecule has 1 saturated heterocycles. The van der Waals surface area contributed by atoms with Crippen molar-refractivity contribution in [3.05, 3.63) is 70.8 Å². The Balaban J connectivity index is 1.52. The zero-order valence-corrected chi connectivity index (χ0v) is 16.4. The molecule has 0 saturated carbocycles. The van der Waals surface area contributed by atoms with Crippen molar-refractivity contribution in [2.45, 2.75) is 44.2 Å². The summed E-state index contributed by atoms with van der Waals surface area (Å²) in [6, 6.07) is 12.0. The van der Waals surface area contributed by atoms with E-state index in [1.54, 1.807) is 0 Å². The lowest BCUT2D eigenvalue weighted by Crippen LogP contribution is -2.42. The molecular weight excluding hydrogens is 406 g/mol. The number of hydrogen-bond acceptors (Lipinski definition) is 2. The zero-order chi connectivity index (χ0) is 21.8. The van der Waals surface area contributed by atoms with Crippen LogP contribution in [-0.2, 0) is 25.3 Å². The van der Waals surface area contributed by atoms with Gasteiger partial charge in [0.25, 0.3) is 0 Å². The van der Waals surface area contributed by atoms with E-state index in [1.165, 1.54) is 5.56 Å². The van der Waals surface area contributed by atoms with Crippen LogP contribution in [0.25, 0.3) is 0 Å². The van der Waals surface area contributed by atoms with Crippen LogP contribution in [0.3, 0.4) is 0 Å². The molecule has 1 N–H and O–H groups in total. The average Bonchev–Trinajstić information content (AvgIpc) is 2.71. The summed E-state index contributed by atoms with van der Waals surface area (Å²) in [5.74, 6) is 0. The molecular formula is C22H24F6N2. The van der Waals surface area contributed by atoms with Crippen LogP contribution in [-0.4, -0.2) is 30.6 Å². The lowest BCUT2D eigenvalue weighted by molar-refractivity contribution is -0.143. The highest BCUT2D eigenvalue weighted by Gasteiger charge is 2.36. The minimum atomic E-state index is -4.82. The summed E-state index contributed by atoms with van der Waals surface area (Å²) in [5, 5.41) is 3.13. The number of likely N-dealkylation sites (tertiary alicyclic amines) is 1. The maximum Gasteiger partial charge on any atom is 0.416 e. The fourth-order valence-electron chi connectivity index (χ4n) is 3.68. The van der Waals surface area contributed by atoms with Crippen LogP contribution in [0.2, 0.25) is 0 Å². The Labute approximate surface area is 171 Å². The normalized spacial score (nSPS) is 16.7. The van der Waals surface area contributed by atoms with Crippen molar-refractivity contribution < 1.29 is 26.3 Å². The molecule has 164 valence electrons. The van der Waals surface area contributed by atoms with Gasteiger partial charge in [0.15, 0.2) is 0 Å². The fraction of sp³-hybridized carbons (Fsp3) is 0.455. The molecule has 2 aromatic carbocycles. The van der Waals surface area contributed by atoms with Gasteiger partial charge >= 0.3 is 12.4 Å². The zero-order valence-electron chi connectivity index (χ0n) is 16.4. The SMILES string of the molecule is FC(F)(F)c1cc(CNC2CCN(CCc3ccccc3)CC2)cc(C(F)(F)F)c1. The summed E-state index contributed by atoms with van der Waals surface area (Å²) < 4.78 is 77.9. The quantitative estimate of drug-likeness (QED) is 0.607. The molecule has 0 aliphatic carbocycles. The molecule has 0 radical (unpaired) electrons. The van der Waals surface area contributed by atoms with Crippen molar-refractivity contribution in [3.63, 3.8) is 0 Å². The average molecular weight is 430 g/mol. The van der Waals surface area contributed by atoms with Crippen molar-refractivity contribution in [3.8, 4) is 0 Å². The fourth-order valence-corrected chi connectivity index (χ4v) is 3.68. The summed E-state index contributed by atoms with van der Waals surface area (Å²) in [6.07, 6.45) is -7.08. The van der Waals surface area contributed by atoms with Crippen molar-refractivity contribution in [2.75, 3.05) is 19.6 Å². The van der Waals surface area contributed by atoms with Gasteiger partial charge in [-0.15, -0.1) is 0 Å². The number of halogens is 6. The lowest BCUT2D eigenvalue weighted by Gasteiger charge is -2.32. The Morgan fingerprint density at radius 1 is 0.800 bits per heavy atom. The van der Waals surface area contributed by atoms with E-state index >= 15 is 0 Å². The Morgan fingerprint density at radius 2 is 1.37 bits per heavy atom. The first-order valence-corrected chi connectivity index (χ1v) is 9.89. The Kier molecular flexibility index (Phi) is 7.08. The van der Waals surface area contributed by atoms with Crippen LogP contribution in [0.1, 0.15) is 35.1 Å². The summed E-state index contributed by atoms with van der Waals surface area (Å²) >= 11 is 0. The van der Waals surface area contributed by atoms with E-state index in [-0.39, 0.29) is 24.2 Å². The maximum atomic E-state index is 13.0. The first kappa shape index (κ1) is 22.6. The highest BCUT2D eigenvalue weighted by molar-refractivity contribution is 5.33. The Bertz CT molecular complexity index is 776. The molecule has 1 aliphatic heterocycles. The molecule has 1 heterocycles. The number of benzene rings is 2. The summed E-state index contributed by atoms with van der Waals surface area (Å²) in [5.41, 5.74) is -1.29. The second kappa shape index (κ2) is 9.39. The van der Waals surface area contributed by atoms with Crippen LogP contribution < -0.4 is 5.32 Å². The second-order valence-corrected chi connectivity index (χ2v) is 7.65. The number of piperidine rings is 1. The summed E-state index contributed by atoms with van der Waals surface area (Å²) in [6.45, 7) is 2.60. The predicted octanol–water partition coefficient (Wildman–Crippen LogP) is 5.52. The standard InChI is InChI=1S/C22H24F6N2/c23-21(24,25)18-12-17(13-19(14-18)22(26,27)28)15-29-20-7-10-30(11-8-20)9-6-16-4-2-1-3-5-16/h1-5,12-14,20,29H,6-11,15H2. The van der Waals surface area contributed by atoms with Crippen LogP contribution in [0, 0.1) is 0 Å². The first-order chi connectivity index (χ1) is 14.1. The molecule has 0 atom stereocenters. The smallest absolute Gasteiger partial charge is 0.310 e. The van der Waals surface area contributed by atoms with Gasteiger partial charge in [0.05, 0.1) is 11.1 Å². The third-order valence-electron chi connectivity index (χ3n) is 5.39. The number of nitrogens with one attached hydrogen (secondary N) is 1. The molecule has 2 nitrogen and oxygen atoms in total. The molecule has 0 aromatic heterocycles. The van der Waals surface area contributed by atoms with Gasteiger partial charge in [0.2, 0.25) is 0 Å². The van der Waals surface area contributed by atoms with Crippen molar-refractivity contribution in [1.29, 1.82) is 0 Å². The number of nitrogens with zero attached hydrogens (tertiary/aromatic N) is 1. The van der Waals surface area contributed by atoms with Gasteiger partial charge in [-0.2, -0.15) is 26.3 Å². The predicted molar refractivity (Wildman–Crippen MR) is 103 cm³/mol. The molecule has 0 unspecified atom stereocenters. The Morgan fingerprint density at radius 3 is 1.90 bits per heavy atom. The van der Waals surface area contributed by atoms with Gasteiger partial charge < -0.3 is 10.2 Å². The molecule has 0 spiro atoms. The van der Waals surface area contributed by atoms with Crippen molar-refractivity contribution >= 4 is 0 Å². The third-order valence-corrected chi connectivity index (χ3v) is 5.39. The maximum absolute atomic E-state index is 13.0. The molecule has 1 fully saturated rings. The van der Waals surface area contributed by atoms with Gasteiger partial charge in [-0.1, -0.05) is 30.3 Å². The number of hydrogen-bond donors (Lipinski definition) is 1. The van der Waals surface area contributed by atoms with Crippen molar-refractivity contribution in [2.24, 2.45) is 0 Å². The monoisotopic (exact) mass is 430 g/mol. The molecule has 8 heteroatoms. The third kappa shape index (κ3) is 6.47. The molecule has 3 rings (SSSR count). The lowest BCUT2D eigenvalue weighted by atomic mass is 10.0. The van der Waals surface area contributed by atoms with E-state index in [9.17, 15) is 26.3 Å². The summed E-state index contributed by atoms with van der Waals surface area (Å²) in [7, 11) is 0. The minimum Gasteiger partial charge on any atom is -0.310 e. The molecule has 30 heavy (non-hydrogen) atoms. The van der Waals surface area contributed by atoms with Gasteiger partial charge in [0, 0.05) is 19.1 Å². The molecule has 1 aliphatic rings. The van der Waals surface area contributed by atoms with Gasteiger partial charge in [-0.25, -0.2) is 0 Å². The minimum absolute atomic E-state index is 0.0105. The van der Waals surface area contributed by atoms with Gasteiger partial charge in [-0.05, 0) is 61.7 Å². The van der Waals surface area contributed by atoms with E-state index < -0.39 is 23.5 Å². The van der Waals surface area contributed by atoms with Crippen LogP contribution in [0.4, 0.5) is 26.3 Å². The molecule has 2 aromatic rings. The van der Waals surface area contributed by atoms with E-state index in [2.05, 4.69) is 22.3 Å². The Hall–Kier alpha value is -2.06. The van der Waals surface area contributed by atoms with Gasteiger partial charge in [0.1, 0.15) is 0 Å². The van der Waals surface area contributed by atoms with Crippen LogP contribution in [0.15, 0.2) is 48.5 Å². The van der Waals surface area contributed by atoms with E-state index in [4.69, 9.17) is 0 Å². The van der Waals surface area contributed by atoms with E-state index in [0.717, 1.165) is 51.0 Å². The van der Waals surface area contributed by atoms with E-state index in [1.807, 2.05) is 18.2 Å². The first-order valence-electron chi connectivity index (χ1n) is 9.89. The van der Waals surface area contributed by atoms with Crippen LogP contribution in [0.5, 0.6) is 0 Å². The number of alkyl halides is 6. The van der Waals surface area contributed by atoms with Crippen LogP contribution >= 0.6 is 0 Å². The molecule has 0 amide bonds. The largest absolute Gasteiger partial charge is 0.416 e. The highest BCUT2D eigenvalue weighted by atomic mass is 19.4. The number of rotatable bonds is 6. The topological polar surface area (TPSA) is 15.3 Å². The second-order valence-electron chi connectivity index (χ2n) is 7.65. The molecule has 0 bridgehead atoms.